The number of rotatable bonds is 6. The Kier molecular flexibility index (Phi) is 6.52. The van der Waals surface area contributed by atoms with Crippen LogP contribution in [0.25, 0.3) is 0 Å². The van der Waals surface area contributed by atoms with Crippen molar-refractivity contribution in [3.05, 3.63) is 65.5 Å². The van der Waals surface area contributed by atoms with Gasteiger partial charge in [0.25, 0.3) is 0 Å². The van der Waals surface area contributed by atoms with Gasteiger partial charge >= 0.3 is 6.36 Å². The molecule has 4 rings (SSSR count). The maximum absolute atomic E-state index is 13.0. The quantitative estimate of drug-likeness (QED) is 0.640. The summed E-state index contributed by atoms with van der Waals surface area (Å²) in [5, 5.41) is 2.82. The Balaban J connectivity index is 1.26. The lowest BCUT2D eigenvalue weighted by Gasteiger charge is -2.35. The summed E-state index contributed by atoms with van der Waals surface area (Å²) in [6.07, 6.45) is -3.66. The van der Waals surface area contributed by atoms with E-state index in [1.165, 1.54) is 36.4 Å². The summed E-state index contributed by atoms with van der Waals surface area (Å²) in [5.74, 6) is -0.342. The van der Waals surface area contributed by atoms with Gasteiger partial charge in [-0.25, -0.2) is 19.7 Å². The molecule has 0 aliphatic carbocycles. The fraction of sp³-hybridized carbons (Fsp3) is 0.364. The second kappa shape index (κ2) is 9.36. The molecule has 0 aromatic heterocycles. The molecule has 2 aliphatic rings. The lowest BCUT2D eigenvalue weighted by molar-refractivity contribution is -0.274. The number of nitrogens with zero attached hydrogens (tertiary/aromatic N) is 2. The summed E-state index contributed by atoms with van der Waals surface area (Å²) < 4.78 is 53.7. The van der Waals surface area contributed by atoms with Gasteiger partial charge in [0.1, 0.15) is 11.6 Å². The lowest BCUT2D eigenvalue weighted by atomic mass is 10.0. The number of aliphatic imine (C=N–C) groups is 1. The Bertz CT molecular complexity index is 1000. The number of amides is 1. The molecular weight excluding hydrogens is 444 g/mol. The lowest BCUT2D eigenvalue weighted by Crippen LogP contribution is -2.47. The molecule has 2 heterocycles. The Morgan fingerprint density at radius 3 is 2.42 bits per heavy atom. The Hall–Kier alpha value is -3.18. The Morgan fingerprint density at radius 2 is 1.79 bits per heavy atom. The molecule has 2 aromatic rings. The number of carbonyl (C=O) groups excluding carboxylic acids is 1. The zero-order chi connectivity index (χ0) is 23.5. The number of hydrogen-bond donors (Lipinski definition) is 2. The molecule has 0 bridgehead atoms. The number of hydroxylamine groups is 1. The monoisotopic (exact) mass is 466 g/mol. The summed E-state index contributed by atoms with van der Waals surface area (Å²) in [6.45, 7) is 1.72. The topological polar surface area (TPSA) is 75.2 Å². The van der Waals surface area contributed by atoms with Crippen LogP contribution in [0.1, 0.15) is 24.0 Å². The first-order valence-corrected chi connectivity index (χ1v) is 10.3. The highest BCUT2D eigenvalue weighted by Gasteiger charge is 2.40. The van der Waals surface area contributed by atoms with Crippen molar-refractivity contribution in [1.82, 2.24) is 15.7 Å². The standard InChI is InChI=1S/C22H22F4N4O3/c23-17-5-1-15(2-6-17)13-27-19(31)14-30-11-9-21(10-12-30)28-20(29-33-21)16-3-7-18(8-4-16)32-22(24,25)26/h1-8H,9-14H2,(H,27,31)(H,28,29). The van der Waals surface area contributed by atoms with Gasteiger partial charge in [-0.15, -0.1) is 13.2 Å². The highest BCUT2D eigenvalue weighted by molar-refractivity contribution is 5.99. The van der Waals surface area contributed by atoms with Crippen LogP contribution >= 0.6 is 0 Å². The summed E-state index contributed by atoms with van der Waals surface area (Å²) in [4.78, 5) is 24.5. The van der Waals surface area contributed by atoms with Crippen molar-refractivity contribution in [2.75, 3.05) is 19.6 Å². The van der Waals surface area contributed by atoms with Crippen molar-refractivity contribution in [1.29, 1.82) is 0 Å². The SMILES string of the molecule is O=C(CN1CCC2(CC1)N=C(c1ccc(OC(F)(F)F)cc1)NO2)NCc1ccc(F)cc1. The first kappa shape index (κ1) is 23.0. The summed E-state index contributed by atoms with van der Waals surface area (Å²) >= 11 is 0. The van der Waals surface area contributed by atoms with Gasteiger partial charge < -0.3 is 10.1 Å². The first-order valence-electron chi connectivity index (χ1n) is 10.3. The second-order valence-corrected chi connectivity index (χ2v) is 7.86. The number of amidine groups is 1. The molecule has 33 heavy (non-hydrogen) atoms. The summed E-state index contributed by atoms with van der Waals surface area (Å²) in [6, 6.07) is 11.3. The first-order chi connectivity index (χ1) is 15.7. The normalized spacial score (nSPS) is 18.0. The third-order valence-corrected chi connectivity index (χ3v) is 5.42. The molecule has 0 atom stereocenters. The number of nitrogens with one attached hydrogen (secondary N) is 2. The van der Waals surface area contributed by atoms with Crippen LogP contribution in [0.15, 0.2) is 53.5 Å². The summed E-state index contributed by atoms with van der Waals surface area (Å²) in [7, 11) is 0. The number of benzene rings is 2. The van der Waals surface area contributed by atoms with Gasteiger partial charge in [-0.3, -0.25) is 9.69 Å². The maximum atomic E-state index is 13.0. The molecule has 1 fully saturated rings. The molecule has 1 amide bonds. The minimum Gasteiger partial charge on any atom is -0.406 e. The number of likely N-dealkylation sites (tertiary alicyclic amines) is 1. The van der Waals surface area contributed by atoms with Crippen LogP contribution in [-0.4, -0.2) is 48.4 Å². The average Bonchev–Trinajstić information content (AvgIpc) is 3.18. The molecule has 0 unspecified atom stereocenters. The smallest absolute Gasteiger partial charge is 0.406 e. The van der Waals surface area contributed by atoms with Crippen LogP contribution in [0.2, 0.25) is 0 Å². The van der Waals surface area contributed by atoms with Crippen molar-refractivity contribution in [3.8, 4) is 5.75 Å². The van der Waals surface area contributed by atoms with E-state index in [1.54, 1.807) is 12.1 Å². The van der Waals surface area contributed by atoms with Crippen LogP contribution in [0.4, 0.5) is 17.6 Å². The van der Waals surface area contributed by atoms with Gasteiger partial charge in [-0.1, -0.05) is 12.1 Å². The van der Waals surface area contributed by atoms with E-state index < -0.39 is 12.1 Å². The van der Waals surface area contributed by atoms with Gasteiger partial charge in [0.05, 0.1) is 6.54 Å². The van der Waals surface area contributed by atoms with E-state index in [9.17, 15) is 22.4 Å². The number of halogens is 4. The van der Waals surface area contributed by atoms with Crippen molar-refractivity contribution in [3.63, 3.8) is 0 Å². The predicted octanol–water partition coefficient (Wildman–Crippen LogP) is 3.11. The van der Waals surface area contributed by atoms with Gasteiger partial charge in [-0.05, 0) is 42.0 Å². The molecule has 1 spiro atoms. The molecule has 7 nitrogen and oxygen atoms in total. The van der Waals surface area contributed by atoms with E-state index in [-0.39, 0.29) is 24.0 Å². The predicted molar refractivity (Wildman–Crippen MR) is 111 cm³/mol. The second-order valence-electron chi connectivity index (χ2n) is 7.86. The molecule has 2 aliphatic heterocycles. The van der Waals surface area contributed by atoms with Gasteiger partial charge in [-0.2, -0.15) is 0 Å². The van der Waals surface area contributed by atoms with Gasteiger partial charge in [0, 0.05) is 38.0 Å². The minimum absolute atomic E-state index is 0.133. The van der Waals surface area contributed by atoms with Crippen molar-refractivity contribution in [2.24, 2.45) is 4.99 Å². The molecule has 0 saturated carbocycles. The van der Waals surface area contributed by atoms with Crippen molar-refractivity contribution in [2.45, 2.75) is 31.5 Å². The van der Waals surface area contributed by atoms with Crippen LogP contribution in [-0.2, 0) is 16.2 Å². The zero-order valence-corrected chi connectivity index (χ0v) is 17.5. The third-order valence-electron chi connectivity index (χ3n) is 5.42. The van der Waals surface area contributed by atoms with E-state index in [0.717, 1.165) is 5.56 Å². The van der Waals surface area contributed by atoms with E-state index in [4.69, 9.17) is 4.84 Å². The van der Waals surface area contributed by atoms with E-state index in [2.05, 4.69) is 20.5 Å². The number of carbonyl (C=O) groups is 1. The average molecular weight is 466 g/mol. The molecule has 1 saturated heterocycles. The summed E-state index contributed by atoms with van der Waals surface area (Å²) in [5.41, 5.74) is 3.37. The van der Waals surface area contributed by atoms with E-state index >= 15 is 0 Å². The number of hydrogen-bond acceptors (Lipinski definition) is 6. The molecule has 0 radical (unpaired) electrons. The fourth-order valence-corrected chi connectivity index (χ4v) is 3.67. The number of ether oxygens (including phenoxy) is 1. The Morgan fingerprint density at radius 1 is 1.12 bits per heavy atom. The highest BCUT2D eigenvalue weighted by Crippen LogP contribution is 2.31. The zero-order valence-electron chi connectivity index (χ0n) is 17.5. The van der Waals surface area contributed by atoms with Crippen LogP contribution < -0.4 is 15.5 Å². The third kappa shape index (κ3) is 6.20. The molecule has 2 N–H and O–H groups in total. The van der Waals surface area contributed by atoms with Gasteiger partial charge in [0.15, 0.2) is 11.6 Å². The number of alkyl halides is 3. The van der Waals surface area contributed by atoms with Gasteiger partial charge in [0.2, 0.25) is 5.91 Å². The van der Waals surface area contributed by atoms with Crippen molar-refractivity contribution < 1.29 is 31.9 Å². The van der Waals surface area contributed by atoms with E-state index in [1.807, 2.05) is 4.90 Å². The van der Waals surface area contributed by atoms with Crippen LogP contribution in [0.3, 0.4) is 0 Å². The van der Waals surface area contributed by atoms with Crippen LogP contribution in [0.5, 0.6) is 5.75 Å². The number of piperidine rings is 1. The highest BCUT2D eigenvalue weighted by atomic mass is 19.4. The molecule has 176 valence electrons. The van der Waals surface area contributed by atoms with Crippen LogP contribution in [0, 0.1) is 5.82 Å². The molecule has 2 aromatic carbocycles. The van der Waals surface area contributed by atoms with Crippen molar-refractivity contribution >= 4 is 11.7 Å². The molecule has 11 heteroatoms. The fourth-order valence-electron chi connectivity index (χ4n) is 3.67. The molecular formula is C22H22F4N4O3. The largest absolute Gasteiger partial charge is 0.573 e. The maximum Gasteiger partial charge on any atom is 0.573 e. The van der Waals surface area contributed by atoms with E-state index in [0.29, 0.717) is 43.9 Å². The Labute approximate surface area is 187 Å². The minimum atomic E-state index is -4.75.